The topological polar surface area (TPSA) is 112 Å². The lowest BCUT2D eigenvalue weighted by molar-refractivity contribution is -0.169. The molecule has 0 unspecified atom stereocenters. The van der Waals surface area contributed by atoms with Gasteiger partial charge >= 0.3 is 0 Å². The molecule has 1 amide bonds. The molecule has 1 aromatic carbocycles. The van der Waals surface area contributed by atoms with Crippen LogP contribution < -0.4 is 19.7 Å². The third-order valence-corrected chi connectivity index (χ3v) is 6.48. The number of aromatic nitrogens is 4. The SMILES string of the molecule is O=C(CCc1nnc2ccc(N3CCC4(CC3)OCCO4)nn12)NCc1ccc2c(c1)OCO2. The fourth-order valence-corrected chi connectivity index (χ4v) is 4.58. The fraction of sp³-hybridized carbons (Fsp3) is 0.478. The number of piperidine rings is 1. The maximum atomic E-state index is 12.4. The lowest BCUT2D eigenvalue weighted by Crippen LogP contribution is -2.45. The van der Waals surface area contributed by atoms with Crippen LogP contribution in [0.3, 0.4) is 0 Å². The second kappa shape index (κ2) is 8.73. The third kappa shape index (κ3) is 4.12. The zero-order valence-electron chi connectivity index (χ0n) is 18.7. The van der Waals surface area contributed by atoms with E-state index in [1.807, 2.05) is 30.3 Å². The van der Waals surface area contributed by atoms with Gasteiger partial charge in [0.2, 0.25) is 12.7 Å². The van der Waals surface area contributed by atoms with Crippen LogP contribution in [-0.2, 0) is 27.2 Å². The quantitative estimate of drug-likeness (QED) is 0.577. The van der Waals surface area contributed by atoms with E-state index in [0.717, 1.165) is 43.1 Å². The number of carbonyl (C=O) groups excluding carboxylic acids is 1. The van der Waals surface area contributed by atoms with E-state index in [9.17, 15) is 4.79 Å². The fourth-order valence-electron chi connectivity index (χ4n) is 4.58. The Morgan fingerprint density at radius 1 is 1.03 bits per heavy atom. The first-order valence-corrected chi connectivity index (χ1v) is 11.6. The monoisotopic (exact) mass is 466 g/mol. The maximum Gasteiger partial charge on any atom is 0.231 e. The molecule has 2 saturated heterocycles. The van der Waals surface area contributed by atoms with Crippen LogP contribution in [0.1, 0.15) is 30.7 Å². The summed E-state index contributed by atoms with van der Waals surface area (Å²) in [7, 11) is 0. The van der Waals surface area contributed by atoms with Crippen molar-refractivity contribution in [2.75, 3.05) is 38.0 Å². The van der Waals surface area contributed by atoms with E-state index in [1.54, 1.807) is 4.52 Å². The first-order valence-electron chi connectivity index (χ1n) is 11.6. The minimum atomic E-state index is -0.420. The predicted octanol–water partition coefficient (Wildman–Crippen LogP) is 1.45. The Morgan fingerprint density at radius 3 is 2.71 bits per heavy atom. The Labute approximate surface area is 195 Å². The van der Waals surface area contributed by atoms with Crippen molar-refractivity contribution < 1.29 is 23.7 Å². The number of nitrogens with zero attached hydrogens (tertiary/aromatic N) is 5. The number of fused-ring (bicyclic) bond motifs is 2. The van der Waals surface area contributed by atoms with Gasteiger partial charge in [0, 0.05) is 45.3 Å². The van der Waals surface area contributed by atoms with Gasteiger partial charge in [0.1, 0.15) is 5.82 Å². The highest BCUT2D eigenvalue weighted by Gasteiger charge is 2.40. The molecule has 34 heavy (non-hydrogen) atoms. The third-order valence-electron chi connectivity index (χ3n) is 6.48. The molecule has 3 aromatic rings. The number of aryl methyl sites for hydroxylation is 1. The summed E-state index contributed by atoms with van der Waals surface area (Å²) in [5, 5.41) is 16.2. The molecule has 2 fully saturated rings. The molecule has 0 aliphatic carbocycles. The Kier molecular flexibility index (Phi) is 5.42. The number of carbonyl (C=O) groups is 1. The first kappa shape index (κ1) is 21.1. The van der Waals surface area contributed by atoms with E-state index < -0.39 is 5.79 Å². The lowest BCUT2D eigenvalue weighted by Gasteiger charge is -2.38. The highest BCUT2D eigenvalue weighted by molar-refractivity contribution is 5.76. The van der Waals surface area contributed by atoms with Crippen LogP contribution in [-0.4, -0.2) is 64.6 Å². The summed E-state index contributed by atoms with van der Waals surface area (Å²) in [5.41, 5.74) is 1.61. The van der Waals surface area contributed by atoms with Crippen molar-refractivity contribution in [3.8, 4) is 11.5 Å². The van der Waals surface area contributed by atoms with E-state index in [4.69, 9.17) is 24.0 Å². The van der Waals surface area contributed by atoms with Crippen molar-refractivity contribution in [3.63, 3.8) is 0 Å². The molecule has 11 nitrogen and oxygen atoms in total. The second-order valence-corrected chi connectivity index (χ2v) is 8.64. The van der Waals surface area contributed by atoms with Crippen LogP contribution in [0.4, 0.5) is 5.82 Å². The van der Waals surface area contributed by atoms with Gasteiger partial charge in [-0.2, -0.15) is 4.52 Å². The Bertz CT molecular complexity index is 1200. The molecule has 11 heteroatoms. The summed E-state index contributed by atoms with van der Waals surface area (Å²) >= 11 is 0. The van der Waals surface area contributed by atoms with Gasteiger partial charge in [0.15, 0.2) is 28.8 Å². The van der Waals surface area contributed by atoms with Gasteiger partial charge in [-0.1, -0.05) is 6.07 Å². The summed E-state index contributed by atoms with van der Waals surface area (Å²) in [6.07, 6.45) is 2.35. The zero-order chi connectivity index (χ0) is 23.0. The molecule has 0 saturated carbocycles. The van der Waals surface area contributed by atoms with Crippen LogP contribution in [0.15, 0.2) is 30.3 Å². The summed E-state index contributed by atoms with van der Waals surface area (Å²) in [6.45, 7) is 3.59. The molecule has 2 aromatic heterocycles. The van der Waals surface area contributed by atoms with Gasteiger partial charge in [-0.25, -0.2) is 0 Å². The normalized spacial score (nSPS) is 18.6. The van der Waals surface area contributed by atoms with Gasteiger partial charge in [-0.15, -0.1) is 15.3 Å². The van der Waals surface area contributed by atoms with Gasteiger partial charge in [-0.3, -0.25) is 4.79 Å². The molecule has 178 valence electrons. The number of ether oxygens (including phenoxy) is 4. The minimum Gasteiger partial charge on any atom is -0.454 e. The van der Waals surface area contributed by atoms with Gasteiger partial charge < -0.3 is 29.2 Å². The molecule has 3 aliphatic heterocycles. The number of rotatable bonds is 6. The number of anilines is 1. The first-order chi connectivity index (χ1) is 16.7. The smallest absolute Gasteiger partial charge is 0.231 e. The average molecular weight is 466 g/mol. The predicted molar refractivity (Wildman–Crippen MR) is 120 cm³/mol. The standard InChI is InChI=1S/C23H26N6O5/c30-22(24-14-16-1-2-17-18(13-16)32-15-31-17)6-5-20-26-25-19-3-4-21(27-29(19)20)28-9-7-23(8-10-28)33-11-12-34-23/h1-4,13H,5-12,14-15H2,(H,24,30). The zero-order valence-corrected chi connectivity index (χ0v) is 18.7. The van der Waals surface area contributed by atoms with Crippen LogP contribution >= 0.6 is 0 Å². The number of hydrogen-bond acceptors (Lipinski definition) is 9. The van der Waals surface area contributed by atoms with Gasteiger partial charge in [0.05, 0.1) is 13.2 Å². The Hall–Kier alpha value is -3.44. The molecule has 6 rings (SSSR count). The van der Waals surface area contributed by atoms with Crippen molar-refractivity contribution in [3.05, 3.63) is 41.7 Å². The van der Waals surface area contributed by atoms with E-state index in [1.165, 1.54) is 0 Å². The number of benzene rings is 1. The largest absolute Gasteiger partial charge is 0.454 e. The number of amides is 1. The van der Waals surface area contributed by atoms with Crippen molar-refractivity contribution in [1.29, 1.82) is 0 Å². The number of nitrogens with one attached hydrogen (secondary N) is 1. The van der Waals surface area contributed by atoms with Crippen LogP contribution in [0.25, 0.3) is 5.65 Å². The van der Waals surface area contributed by atoms with Crippen LogP contribution in [0.5, 0.6) is 11.5 Å². The van der Waals surface area contributed by atoms with E-state index in [0.29, 0.717) is 43.4 Å². The summed E-state index contributed by atoms with van der Waals surface area (Å²) in [6, 6.07) is 9.52. The summed E-state index contributed by atoms with van der Waals surface area (Å²) in [4.78, 5) is 14.7. The highest BCUT2D eigenvalue weighted by atomic mass is 16.7. The maximum absolute atomic E-state index is 12.4. The van der Waals surface area contributed by atoms with Gasteiger partial charge in [0.25, 0.3) is 0 Å². The molecule has 0 radical (unpaired) electrons. The van der Waals surface area contributed by atoms with Crippen LogP contribution in [0, 0.1) is 0 Å². The van der Waals surface area contributed by atoms with E-state index in [2.05, 4.69) is 20.4 Å². The molecule has 0 bridgehead atoms. The molecule has 5 heterocycles. The molecular formula is C23H26N6O5. The Balaban J connectivity index is 1.06. The minimum absolute atomic E-state index is 0.0662. The summed E-state index contributed by atoms with van der Waals surface area (Å²) in [5.74, 6) is 2.46. The van der Waals surface area contributed by atoms with Crippen molar-refractivity contribution in [2.24, 2.45) is 0 Å². The van der Waals surface area contributed by atoms with Crippen molar-refractivity contribution in [1.82, 2.24) is 25.1 Å². The highest BCUT2D eigenvalue weighted by Crippen LogP contribution is 2.33. The molecule has 1 spiro atoms. The number of hydrogen-bond donors (Lipinski definition) is 1. The molecule has 1 N–H and O–H groups in total. The lowest BCUT2D eigenvalue weighted by atomic mass is 10.0. The average Bonchev–Trinajstić information content (AvgIpc) is 3.61. The second-order valence-electron chi connectivity index (χ2n) is 8.64. The molecule has 3 aliphatic rings. The molecular weight excluding hydrogens is 440 g/mol. The summed E-state index contributed by atoms with van der Waals surface area (Å²) < 4.78 is 24.1. The van der Waals surface area contributed by atoms with E-state index in [-0.39, 0.29) is 19.1 Å². The van der Waals surface area contributed by atoms with Crippen molar-refractivity contribution >= 4 is 17.4 Å². The van der Waals surface area contributed by atoms with Crippen molar-refractivity contribution in [2.45, 2.75) is 38.0 Å². The molecule has 0 atom stereocenters. The van der Waals surface area contributed by atoms with E-state index >= 15 is 0 Å². The van der Waals surface area contributed by atoms with Gasteiger partial charge in [-0.05, 0) is 29.8 Å². The Morgan fingerprint density at radius 2 is 1.85 bits per heavy atom. The van der Waals surface area contributed by atoms with Crippen LogP contribution in [0.2, 0.25) is 0 Å².